The third kappa shape index (κ3) is 7.14. The van der Waals surface area contributed by atoms with E-state index in [0.29, 0.717) is 6.04 Å². The summed E-state index contributed by atoms with van der Waals surface area (Å²) in [5, 5.41) is 3.56. The zero-order valence-corrected chi connectivity index (χ0v) is 14.4. The highest BCUT2D eigenvalue weighted by Gasteiger charge is 2.29. The SMILES string of the molecule is CCN(CC)CCCNC1CCN(C(=O)OC(C)(C)C)C1. The van der Waals surface area contributed by atoms with Crippen LogP contribution in [0.15, 0.2) is 0 Å². The Labute approximate surface area is 130 Å². The minimum atomic E-state index is -0.410. The molecule has 0 bridgehead atoms. The summed E-state index contributed by atoms with van der Waals surface area (Å²) < 4.78 is 5.41. The Hall–Kier alpha value is -0.810. The van der Waals surface area contributed by atoms with Gasteiger partial charge in [-0.2, -0.15) is 0 Å². The van der Waals surface area contributed by atoms with E-state index in [9.17, 15) is 4.79 Å². The molecule has 0 aromatic carbocycles. The quantitative estimate of drug-likeness (QED) is 0.733. The third-order valence-electron chi connectivity index (χ3n) is 3.82. The fraction of sp³-hybridized carbons (Fsp3) is 0.938. The van der Waals surface area contributed by atoms with Gasteiger partial charge in [-0.15, -0.1) is 0 Å². The van der Waals surface area contributed by atoms with Crippen molar-refractivity contribution in [2.24, 2.45) is 0 Å². The summed E-state index contributed by atoms with van der Waals surface area (Å²) in [5.74, 6) is 0. The van der Waals surface area contributed by atoms with E-state index in [2.05, 4.69) is 24.1 Å². The molecule has 0 spiro atoms. The largest absolute Gasteiger partial charge is 0.444 e. The molecule has 1 saturated heterocycles. The highest BCUT2D eigenvalue weighted by molar-refractivity contribution is 5.68. The van der Waals surface area contributed by atoms with Crippen LogP contribution < -0.4 is 5.32 Å². The monoisotopic (exact) mass is 299 g/mol. The molecular formula is C16H33N3O2. The molecule has 1 N–H and O–H groups in total. The molecule has 0 aliphatic carbocycles. The van der Waals surface area contributed by atoms with E-state index in [-0.39, 0.29) is 6.09 Å². The Morgan fingerprint density at radius 1 is 1.33 bits per heavy atom. The van der Waals surface area contributed by atoms with Crippen LogP contribution in [-0.2, 0) is 4.74 Å². The van der Waals surface area contributed by atoms with Crippen molar-refractivity contribution >= 4 is 6.09 Å². The molecule has 1 heterocycles. The van der Waals surface area contributed by atoms with Crippen LogP contribution in [0.5, 0.6) is 0 Å². The highest BCUT2D eigenvalue weighted by Crippen LogP contribution is 2.15. The molecule has 1 fully saturated rings. The van der Waals surface area contributed by atoms with E-state index in [1.54, 1.807) is 0 Å². The molecule has 1 rings (SSSR count). The van der Waals surface area contributed by atoms with Crippen LogP contribution in [0.25, 0.3) is 0 Å². The maximum absolute atomic E-state index is 12.0. The molecule has 21 heavy (non-hydrogen) atoms. The van der Waals surface area contributed by atoms with E-state index in [1.165, 1.54) is 0 Å². The van der Waals surface area contributed by atoms with Gasteiger partial charge < -0.3 is 19.9 Å². The van der Waals surface area contributed by atoms with Crippen LogP contribution in [0.4, 0.5) is 4.79 Å². The molecule has 1 unspecified atom stereocenters. The van der Waals surface area contributed by atoms with Gasteiger partial charge in [0.15, 0.2) is 0 Å². The van der Waals surface area contributed by atoms with Crippen molar-refractivity contribution in [3.05, 3.63) is 0 Å². The Balaban J connectivity index is 2.18. The first-order valence-electron chi connectivity index (χ1n) is 8.29. The summed E-state index contributed by atoms with van der Waals surface area (Å²) in [6.07, 6.45) is 1.99. The minimum absolute atomic E-state index is 0.185. The Morgan fingerprint density at radius 3 is 2.57 bits per heavy atom. The molecule has 0 aromatic rings. The lowest BCUT2D eigenvalue weighted by Crippen LogP contribution is -2.39. The molecule has 1 amide bonds. The van der Waals surface area contributed by atoms with Crippen LogP contribution in [-0.4, -0.2) is 66.8 Å². The number of amides is 1. The van der Waals surface area contributed by atoms with Gasteiger partial charge in [0, 0.05) is 19.1 Å². The zero-order valence-electron chi connectivity index (χ0n) is 14.4. The van der Waals surface area contributed by atoms with E-state index < -0.39 is 5.60 Å². The number of ether oxygens (including phenoxy) is 1. The van der Waals surface area contributed by atoms with E-state index in [0.717, 1.165) is 52.1 Å². The summed E-state index contributed by atoms with van der Waals surface area (Å²) >= 11 is 0. The minimum Gasteiger partial charge on any atom is -0.444 e. The van der Waals surface area contributed by atoms with Gasteiger partial charge in [0.2, 0.25) is 0 Å². The van der Waals surface area contributed by atoms with Crippen LogP contribution in [0.3, 0.4) is 0 Å². The first-order valence-corrected chi connectivity index (χ1v) is 8.29. The lowest BCUT2D eigenvalue weighted by atomic mass is 10.2. The normalized spacial score (nSPS) is 19.3. The summed E-state index contributed by atoms with van der Waals surface area (Å²) in [7, 11) is 0. The molecular weight excluding hydrogens is 266 g/mol. The second-order valence-corrected chi connectivity index (χ2v) is 6.75. The fourth-order valence-corrected chi connectivity index (χ4v) is 2.57. The number of hydrogen-bond acceptors (Lipinski definition) is 4. The van der Waals surface area contributed by atoms with Crippen molar-refractivity contribution in [2.45, 2.75) is 59.1 Å². The summed E-state index contributed by atoms with van der Waals surface area (Å²) in [6, 6.07) is 0.411. The van der Waals surface area contributed by atoms with Gasteiger partial charge in [0.1, 0.15) is 5.60 Å². The molecule has 1 atom stereocenters. The van der Waals surface area contributed by atoms with Crippen molar-refractivity contribution in [1.29, 1.82) is 0 Å². The molecule has 0 aromatic heterocycles. The van der Waals surface area contributed by atoms with Crippen molar-refractivity contribution in [3.63, 3.8) is 0 Å². The number of rotatable bonds is 7. The second-order valence-electron chi connectivity index (χ2n) is 6.75. The highest BCUT2D eigenvalue weighted by atomic mass is 16.6. The Morgan fingerprint density at radius 2 is 2.00 bits per heavy atom. The summed E-state index contributed by atoms with van der Waals surface area (Å²) in [6.45, 7) is 16.1. The van der Waals surface area contributed by atoms with E-state index in [1.807, 2.05) is 25.7 Å². The molecule has 0 radical (unpaired) electrons. The van der Waals surface area contributed by atoms with Gasteiger partial charge >= 0.3 is 6.09 Å². The topological polar surface area (TPSA) is 44.8 Å². The van der Waals surface area contributed by atoms with Crippen LogP contribution >= 0.6 is 0 Å². The lowest BCUT2D eigenvalue weighted by Gasteiger charge is -2.24. The van der Waals surface area contributed by atoms with E-state index in [4.69, 9.17) is 4.74 Å². The lowest BCUT2D eigenvalue weighted by molar-refractivity contribution is 0.0291. The molecule has 0 saturated carbocycles. The van der Waals surface area contributed by atoms with Gasteiger partial charge in [-0.1, -0.05) is 13.8 Å². The number of nitrogens with zero attached hydrogens (tertiary/aromatic N) is 2. The standard InChI is InChI=1S/C16H33N3O2/c1-6-18(7-2)11-8-10-17-14-9-12-19(13-14)15(20)21-16(3,4)5/h14,17H,6-13H2,1-5H3. The predicted octanol–water partition coefficient (Wildman–Crippen LogP) is 2.32. The maximum atomic E-state index is 12.0. The maximum Gasteiger partial charge on any atom is 0.410 e. The predicted molar refractivity (Wildman–Crippen MR) is 86.6 cm³/mol. The summed E-state index contributed by atoms with van der Waals surface area (Å²) in [4.78, 5) is 16.2. The number of nitrogens with one attached hydrogen (secondary N) is 1. The number of likely N-dealkylation sites (tertiary alicyclic amines) is 1. The number of carbonyl (C=O) groups is 1. The fourth-order valence-electron chi connectivity index (χ4n) is 2.57. The Kier molecular flexibility index (Phi) is 7.46. The third-order valence-corrected chi connectivity index (χ3v) is 3.82. The van der Waals surface area contributed by atoms with Crippen LogP contribution in [0.1, 0.15) is 47.5 Å². The average molecular weight is 299 g/mol. The van der Waals surface area contributed by atoms with Crippen LogP contribution in [0.2, 0.25) is 0 Å². The van der Waals surface area contributed by atoms with Crippen molar-refractivity contribution in [2.75, 3.05) is 39.3 Å². The smallest absolute Gasteiger partial charge is 0.410 e. The second kappa shape index (κ2) is 8.59. The van der Waals surface area contributed by atoms with Gasteiger partial charge in [0.05, 0.1) is 0 Å². The van der Waals surface area contributed by atoms with Crippen molar-refractivity contribution < 1.29 is 9.53 Å². The molecule has 5 nitrogen and oxygen atoms in total. The zero-order chi connectivity index (χ0) is 15.9. The van der Waals surface area contributed by atoms with Crippen molar-refractivity contribution in [3.8, 4) is 0 Å². The molecule has 5 heteroatoms. The van der Waals surface area contributed by atoms with Gasteiger partial charge in [-0.3, -0.25) is 0 Å². The van der Waals surface area contributed by atoms with Gasteiger partial charge in [0.25, 0.3) is 0 Å². The first-order chi connectivity index (χ1) is 9.85. The molecule has 1 aliphatic heterocycles. The number of carbonyl (C=O) groups excluding carboxylic acids is 1. The summed E-state index contributed by atoms with van der Waals surface area (Å²) in [5.41, 5.74) is -0.410. The molecule has 124 valence electrons. The van der Waals surface area contributed by atoms with Gasteiger partial charge in [-0.25, -0.2) is 4.79 Å². The van der Waals surface area contributed by atoms with E-state index >= 15 is 0 Å². The number of hydrogen-bond donors (Lipinski definition) is 1. The Bertz CT molecular complexity index is 311. The average Bonchev–Trinajstić information content (AvgIpc) is 2.86. The molecule has 1 aliphatic rings. The van der Waals surface area contributed by atoms with Crippen molar-refractivity contribution in [1.82, 2.24) is 15.1 Å². The first kappa shape index (κ1) is 18.2. The van der Waals surface area contributed by atoms with Crippen LogP contribution in [0, 0.1) is 0 Å². The van der Waals surface area contributed by atoms with Gasteiger partial charge in [-0.05, 0) is 59.8 Å².